The van der Waals surface area contributed by atoms with Gasteiger partial charge >= 0.3 is 0 Å². The highest BCUT2D eigenvalue weighted by Crippen LogP contribution is 2.27. The van der Waals surface area contributed by atoms with Gasteiger partial charge in [0.1, 0.15) is 0 Å². The third kappa shape index (κ3) is 4.10. The molecule has 2 heterocycles. The Bertz CT molecular complexity index is 775. The van der Waals surface area contributed by atoms with E-state index in [0.717, 1.165) is 32.6 Å². The van der Waals surface area contributed by atoms with Gasteiger partial charge in [-0.3, -0.25) is 0 Å². The van der Waals surface area contributed by atoms with Crippen LogP contribution in [0, 0.1) is 20.8 Å². The molecule has 5 heteroatoms. The van der Waals surface area contributed by atoms with Crippen LogP contribution in [0.4, 0.5) is 0 Å². The Kier molecular flexibility index (Phi) is 6.04. The number of hydrogen-bond acceptors (Lipinski definition) is 4. The summed E-state index contributed by atoms with van der Waals surface area (Å²) in [6.07, 6.45) is 4.15. The van der Waals surface area contributed by atoms with Gasteiger partial charge < -0.3 is 15.0 Å². The molecule has 1 aliphatic heterocycles. The van der Waals surface area contributed by atoms with Crippen molar-refractivity contribution in [1.29, 1.82) is 0 Å². The lowest BCUT2D eigenvalue weighted by Gasteiger charge is -2.43. The first kappa shape index (κ1) is 20.1. The van der Waals surface area contributed by atoms with Crippen molar-refractivity contribution in [2.75, 3.05) is 33.9 Å². The van der Waals surface area contributed by atoms with E-state index in [2.05, 4.69) is 74.9 Å². The molecule has 1 N–H and O–H groups in total. The number of rotatable bonds is 6. The van der Waals surface area contributed by atoms with Gasteiger partial charge in [0.15, 0.2) is 0 Å². The van der Waals surface area contributed by atoms with Crippen molar-refractivity contribution in [2.24, 2.45) is 0 Å². The Balaban J connectivity index is 1.77. The fourth-order valence-electron chi connectivity index (χ4n) is 4.02. The molecule has 1 aromatic carbocycles. The van der Waals surface area contributed by atoms with Crippen LogP contribution in [0.5, 0.6) is 0 Å². The zero-order chi connectivity index (χ0) is 19.6. The van der Waals surface area contributed by atoms with Crippen LogP contribution in [0.15, 0.2) is 24.4 Å². The molecule has 0 radical (unpaired) electrons. The number of hydrogen-bond donors (Lipinski definition) is 1. The summed E-state index contributed by atoms with van der Waals surface area (Å²) in [4.78, 5) is 2.36. The number of aryl methyl sites for hydroxylation is 2. The third-order valence-corrected chi connectivity index (χ3v) is 6.22. The lowest BCUT2D eigenvalue weighted by molar-refractivity contribution is -0.00807. The summed E-state index contributed by atoms with van der Waals surface area (Å²) in [5.41, 5.74) is 6.30. The van der Waals surface area contributed by atoms with Gasteiger partial charge in [-0.1, -0.05) is 12.1 Å². The van der Waals surface area contributed by atoms with Crippen molar-refractivity contribution in [2.45, 2.75) is 52.1 Å². The van der Waals surface area contributed by atoms with Crippen LogP contribution < -0.4 is 5.32 Å². The summed E-state index contributed by atoms with van der Waals surface area (Å²) in [5, 5.41) is 8.47. The number of nitrogens with zero attached hydrogens (tertiary/aromatic N) is 3. The highest BCUT2D eigenvalue weighted by Gasteiger charge is 2.35. The van der Waals surface area contributed by atoms with Gasteiger partial charge in [0.25, 0.3) is 0 Å². The van der Waals surface area contributed by atoms with E-state index in [-0.39, 0.29) is 11.6 Å². The molecule has 1 aromatic heterocycles. The minimum Gasteiger partial charge on any atom is -0.381 e. The maximum absolute atomic E-state index is 5.59. The Morgan fingerprint density at radius 3 is 2.59 bits per heavy atom. The van der Waals surface area contributed by atoms with E-state index >= 15 is 0 Å². The number of ether oxygens (including phenoxy) is 1. The van der Waals surface area contributed by atoms with Crippen molar-refractivity contribution in [3.63, 3.8) is 0 Å². The maximum atomic E-state index is 5.59. The normalized spacial score (nSPS) is 18.0. The number of benzene rings is 1. The fraction of sp³-hybridized carbons (Fsp3) is 0.591. The van der Waals surface area contributed by atoms with Crippen LogP contribution in [0.3, 0.4) is 0 Å². The molecule has 0 aliphatic carbocycles. The number of nitrogens with one attached hydrogen (secondary N) is 1. The molecule has 1 aliphatic rings. The lowest BCUT2D eigenvalue weighted by atomic mass is 9.88. The van der Waals surface area contributed by atoms with Crippen molar-refractivity contribution >= 4 is 0 Å². The quantitative estimate of drug-likeness (QED) is 0.844. The van der Waals surface area contributed by atoms with E-state index < -0.39 is 0 Å². The molecule has 27 heavy (non-hydrogen) atoms. The molecule has 3 rings (SSSR count). The Hall–Kier alpha value is -1.69. The molecule has 0 bridgehead atoms. The molecule has 1 unspecified atom stereocenters. The molecule has 2 aromatic rings. The predicted octanol–water partition coefficient (Wildman–Crippen LogP) is 3.56. The van der Waals surface area contributed by atoms with Gasteiger partial charge in [0.2, 0.25) is 0 Å². The molecular formula is C22H34N4O. The van der Waals surface area contributed by atoms with Gasteiger partial charge in [-0.05, 0) is 71.8 Å². The second-order valence-corrected chi connectivity index (χ2v) is 8.22. The van der Waals surface area contributed by atoms with Gasteiger partial charge in [0, 0.05) is 42.6 Å². The van der Waals surface area contributed by atoms with Crippen molar-refractivity contribution in [3.8, 4) is 5.69 Å². The highest BCUT2D eigenvalue weighted by atomic mass is 16.5. The lowest BCUT2D eigenvalue weighted by Crippen LogP contribution is -2.55. The summed E-state index contributed by atoms with van der Waals surface area (Å²) in [6.45, 7) is 11.3. The molecule has 0 amide bonds. The molecule has 148 valence electrons. The summed E-state index contributed by atoms with van der Waals surface area (Å²) in [7, 11) is 4.36. The summed E-state index contributed by atoms with van der Waals surface area (Å²) >= 11 is 0. The van der Waals surface area contributed by atoms with Crippen LogP contribution in [0.1, 0.15) is 48.2 Å². The number of likely N-dealkylation sites (N-methyl/N-ethyl adjacent to an activating group) is 1. The first-order chi connectivity index (χ1) is 12.8. The second kappa shape index (κ2) is 8.13. The standard InChI is InChI=1S/C22H34N4O/c1-16-7-8-17(2)21(13-16)26-19(4)20(14-24-26)18(3)23-15-22(25(5)6)9-11-27-12-10-22/h7-8,13-14,18,23H,9-12,15H2,1-6H3. The molecule has 5 nitrogen and oxygen atoms in total. The van der Waals surface area contributed by atoms with Crippen LogP contribution in [0.2, 0.25) is 0 Å². The zero-order valence-electron chi connectivity index (χ0n) is 17.7. The van der Waals surface area contributed by atoms with Crippen molar-refractivity contribution in [3.05, 3.63) is 46.8 Å². The molecular weight excluding hydrogens is 336 g/mol. The van der Waals surface area contributed by atoms with Crippen molar-refractivity contribution < 1.29 is 4.74 Å². The molecule has 1 atom stereocenters. The smallest absolute Gasteiger partial charge is 0.0680 e. The Morgan fingerprint density at radius 1 is 1.22 bits per heavy atom. The van der Waals surface area contributed by atoms with E-state index in [1.807, 2.05) is 6.20 Å². The summed E-state index contributed by atoms with van der Waals surface area (Å²) in [6, 6.07) is 6.78. The molecule has 1 saturated heterocycles. The summed E-state index contributed by atoms with van der Waals surface area (Å²) < 4.78 is 7.67. The van der Waals surface area contributed by atoms with E-state index in [4.69, 9.17) is 9.84 Å². The zero-order valence-corrected chi connectivity index (χ0v) is 17.7. The first-order valence-electron chi connectivity index (χ1n) is 9.95. The predicted molar refractivity (Wildman–Crippen MR) is 111 cm³/mol. The fourth-order valence-corrected chi connectivity index (χ4v) is 4.02. The minimum absolute atomic E-state index is 0.170. The monoisotopic (exact) mass is 370 g/mol. The second-order valence-electron chi connectivity index (χ2n) is 8.22. The first-order valence-corrected chi connectivity index (χ1v) is 9.95. The maximum Gasteiger partial charge on any atom is 0.0680 e. The average molecular weight is 371 g/mol. The topological polar surface area (TPSA) is 42.3 Å². The highest BCUT2D eigenvalue weighted by molar-refractivity contribution is 5.44. The average Bonchev–Trinajstić information content (AvgIpc) is 3.03. The van der Waals surface area contributed by atoms with Crippen LogP contribution in [0.25, 0.3) is 5.69 Å². The van der Waals surface area contributed by atoms with Gasteiger partial charge in [0.05, 0.1) is 11.9 Å². The third-order valence-electron chi connectivity index (χ3n) is 6.22. The SMILES string of the molecule is Cc1ccc(C)c(-n2ncc(C(C)NCC3(N(C)C)CCOCC3)c2C)c1. The summed E-state index contributed by atoms with van der Waals surface area (Å²) in [5.74, 6) is 0. The molecule has 0 saturated carbocycles. The van der Waals surface area contributed by atoms with E-state index in [1.54, 1.807) is 0 Å². The largest absolute Gasteiger partial charge is 0.381 e. The van der Waals surface area contributed by atoms with E-state index in [0.29, 0.717) is 0 Å². The van der Waals surface area contributed by atoms with Crippen LogP contribution in [-0.4, -0.2) is 54.1 Å². The van der Waals surface area contributed by atoms with Gasteiger partial charge in [-0.2, -0.15) is 5.10 Å². The number of aromatic nitrogens is 2. The molecule has 1 fully saturated rings. The van der Waals surface area contributed by atoms with Gasteiger partial charge in [-0.15, -0.1) is 0 Å². The van der Waals surface area contributed by atoms with E-state index in [9.17, 15) is 0 Å². The van der Waals surface area contributed by atoms with Crippen molar-refractivity contribution in [1.82, 2.24) is 20.0 Å². The van der Waals surface area contributed by atoms with E-state index in [1.165, 1.54) is 28.1 Å². The van der Waals surface area contributed by atoms with Crippen LogP contribution in [-0.2, 0) is 4.74 Å². The Labute approximate surface area is 163 Å². The van der Waals surface area contributed by atoms with Gasteiger partial charge in [-0.25, -0.2) is 4.68 Å². The Morgan fingerprint density at radius 2 is 1.93 bits per heavy atom. The van der Waals surface area contributed by atoms with Crippen LogP contribution >= 0.6 is 0 Å². The molecule has 0 spiro atoms. The minimum atomic E-state index is 0.170.